The highest BCUT2D eigenvalue weighted by molar-refractivity contribution is 6.06. The molecule has 4 heteroatoms. The largest absolute Gasteiger partial charge is 0.328 e. The fourth-order valence-electron chi connectivity index (χ4n) is 3.14. The Morgan fingerprint density at radius 2 is 1.46 bits per heavy atom. The lowest BCUT2D eigenvalue weighted by molar-refractivity contribution is 0.295. The minimum atomic E-state index is 0.678. The maximum Gasteiger partial charge on any atom is 0.148 e. The molecule has 26 heavy (non-hydrogen) atoms. The van der Waals surface area contributed by atoms with Crippen molar-refractivity contribution >= 4 is 34.3 Å². The minimum absolute atomic E-state index is 0.678. The normalized spacial score (nSPS) is 11.3. The molecule has 4 nitrogen and oxygen atoms in total. The van der Waals surface area contributed by atoms with Gasteiger partial charge in [0.25, 0.3) is 0 Å². The highest BCUT2D eigenvalue weighted by Crippen LogP contribution is 2.34. The molecule has 0 fully saturated rings. The molecule has 0 unspecified atom stereocenters. The van der Waals surface area contributed by atoms with Gasteiger partial charge in [-0.2, -0.15) is 0 Å². The SMILES string of the molecule is Cn1c(N(O)c2ccccc2)c(C=Nc2ccccc2)c2ccccc21. The van der Waals surface area contributed by atoms with E-state index in [2.05, 4.69) is 4.99 Å². The van der Waals surface area contributed by atoms with Gasteiger partial charge in [0.05, 0.1) is 16.9 Å². The number of anilines is 2. The molecule has 0 saturated heterocycles. The summed E-state index contributed by atoms with van der Waals surface area (Å²) in [5.41, 5.74) is 3.48. The topological polar surface area (TPSA) is 40.8 Å². The molecule has 0 aliphatic heterocycles. The zero-order valence-corrected chi connectivity index (χ0v) is 14.4. The Hall–Kier alpha value is -3.37. The molecule has 4 aromatic rings. The van der Waals surface area contributed by atoms with Crippen LogP contribution >= 0.6 is 0 Å². The molecule has 0 atom stereocenters. The van der Waals surface area contributed by atoms with E-state index in [1.807, 2.05) is 103 Å². The van der Waals surface area contributed by atoms with Crippen LogP contribution in [0.5, 0.6) is 0 Å². The van der Waals surface area contributed by atoms with Gasteiger partial charge in [-0.05, 0) is 30.3 Å². The molecular weight excluding hydrogens is 322 g/mol. The molecule has 1 heterocycles. The Morgan fingerprint density at radius 1 is 0.846 bits per heavy atom. The van der Waals surface area contributed by atoms with Crippen molar-refractivity contribution in [2.75, 3.05) is 5.06 Å². The van der Waals surface area contributed by atoms with Crippen LogP contribution in [0.4, 0.5) is 17.2 Å². The first-order chi connectivity index (χ1) is 12.8. The van der Waals surface area contributed by atoms with E-state index in [0.29, 0.717) is 11.5 Å². The molecule has 1 aromatic heterocycles. The third-order valence-electron chi connectivity index (χ3n) is 4.41. The number of nitrogens with zero attached hydrogens (tertiary/aromatic N) is 3. The van der Waals surface area contributed by atoms with Gasteiger partial charge in [-0.3, -0.25) is 10.2 Å². The van der Waals surface area contributed by atoms with Gasteiger partial charge in [-0.25, -0.2) is 5.06 Å². The molecular formula is C22H19N3O. The first kappa shape index (κ1) is 16.1. The smallest absolute Gasteiger partial charge is 0.148 e. The maximum atomic E-state index is 10.9. The van der Waals surface area contributed by atoms with Gasteiger partial charge in [-0.15, -0.1) is 0 Å². The van der Waals surface area contributed by atoms with Crippen LogP contribution in [0.2, 0.25) is 0 Å². The summed E-state index contributed by atoms with van der Waals surface area (Å²) in [6.45, 7) is 0. The summed E-state index contributed by atoms with van der Waals surface area (Å²) in [5, 5.41) is 13.2. The Labute approximate surface area is 152 Å². The third kappa shape index (κ3) is 2.87. The zero-order chi connectivity index (χ0) is 17.9. The lowest BCUT2D eigenvalue weighted by Gasteiger charge is -2.19. The summed E-state index contributed by atoms with van der Waals surface area (Å²) in [7, 11) is 1.95. The predicted octanol–water partition coefficient (Wildman–Crippen LogP) is 5.46. The van der Waals surface area contributed by atoms with Crippen LogP contribution in [-0.4, -0.2) is 16.0 Å². The highest BCUT2D eigenvalue weighted by atomic mass is 16.5. The van der Waals surface area contributed by atoms with Gasteiger partial charge in [0, 0.05) is 24.2 Å². The summed E-state index contributed by atoms with van der Waals surface area (Å²) in [5.74, 6) is 0.678. The van der Waals surface area contributed by atoms with E-state index in [1.54, 1.807) is 0 Å². The third-order valence-corrected chi connectivity index (χ3v) is 4.41. The lowest BCUT2D eigenvalue weighted by atomic mass is 10.1. The molecule has 3 aromatic carbocycles. The van der Waals surface area contributed by atoms with E-state index in [0.717, 1.165) is 22.2 Å². The zero-order valence-electron chi connectivity index (χ0n) is 14.4. The number of benzene rings is 3. The molecule has 128 valence electrons. The minimum Gasteiger partial charge on any atom is -0.328 e. The van der Waals surface area contributed by atoms with Crippen LogP contribution in [0.3, 0.4) is 0 Å². The fraction of sp³-hybridized carbons (Fsp3) is 0.0455. The number of aryl methyl sites for hydroxylation is 1. The first-order valence-corrected chi connectivity index (χ1v) is 8.46. The number of hydrogen-bond donors (Lipinski definition) is 1. The van der Waals surface area contributed by atoms with Crippen LogP contribution in [0.25, 0.3) is 10.9 Å². The molecule has 0 spiro atoms. The second kappa shape index (κ2) is 6.86. The summed E-state index contributed by atoms with van der Waals surface area (Å²) in [6.07, 6.45) is 1.82. The molecule has 0 bridgehead atoms. The summed E-state index contributed by atoms with van der Waals surface area (Å²) < 4.78 is 1.98. The molecule has 0 saturated carbocycles. The molecule has 0 radical (unpaired) electrons. The van der Waals surface area contributed by atoms with Crippen LogP contribution in [0, 0.1) is 0 Å². The number of fused-ring (bicyclic) bond motifs is 1. The predicted molar refractivity (Wildman–Crippen MR) is 107 cm³/mol. The van der Waals surface area contributed by atoms with Crippen molar-refractivity contribution in [3.63, 3.8) is 0 Å². The van der Waals surface area contributed by atoms with E-state index in [4.69, 9.17) is 0 Å². The van der Waals surface area contributed by atoms with Crippen LogP contribution < -0.4 is 5.06 Å². The molecule has 0 amide bonds. The Bertz CT molecular complexity index is 1050. The van der Waals surface area contributed by atoms with Crippen molar-refractivity contribution in [2.24, 2.45) is 12.0 Å². The van der Waals surface area contributed by atoms with Crippen molar-refractivity contribution in [1.29, 1.82) is 0 Å². The number of aromatic nitrogens is 1. The van der Waals surface area contributed by atoms with Crippen LogP contribution in [0.1, 0.15) is 5.56 Å². The Balaban J connectivity index is 1.89. The van der Waals surface area contributed by atoms with Gasteiger partial charge in [0.15, 0.2) is 0 Å². The molecule has 0 aliphatic carbocycles. The number of para-hydroxylation sites is 3. The van der Waals surface area contributed by atoms with Gasteiger partial charge >= 0.3 is 0 Å². The van der Waals surface area contributed by atoms with Gasteiger partial charge in [0.2, 0.25) is 0 Å². The van der Waals surface area contributed by atoms with Crippen molar-refractivity contribution < 1.29 is 5.21 Å². The molecule has 4 rings (SSSR count). The van der Waals surface area contributed by atoms with E-state index in [1.165, 1.54) is 5.06 Å². The Morgan fingerprint density at radius 3 is 2.19 bits per heavy atom. The number of hydrogen-bond acceptors (Lipinski definition) is 3. The average Bonchev–Trinajstić information content (AvgIpc) is 2.99. The van der Waals surface area contributed by atoms with Crippen LogP contribution in [0.15, 0.2) is 89.9 Å². The molecule has 0 aliphatic rings. The van der Waals surface area contributed by atoms with E-state index < -0.39 is 0 Å². The van der Waals surface area contributed by atoms with Crippen molar-refractivity contribution in [1.82, 2.24) is 4.57 Å². The monoisotopic (exact) mass is 341 g/mol. The lowest BCUT2D eigenvalue weighted by Crippen LogP contribution is -2.15. The molecule has 1 N–H and O–H groups in total. The maximum absolute atomic E-state index is 10.9. The second-order valence-corrected chi connectivity index (χ2v) is 6.05. The average molecular weight is 341 g/mol. The Kier molecular flexibility index (Phi) is 4.25. The number of aliphatic imine (C=N–C) groups is 1. The van der Waals surface area contributed by atoms with Crippen molar-refractivity contribution in [3.8, 4) is 0 Å². The summed E-state index contributed by atoms with van der Waals surface area (Å²) >= 11 is 0. The standard InChI is InChI=1S/C22H19N3O/c1-24-21-15-9-8-14-19(21)20(16-23-17-10-4-2-5-11-17)22(24)25(26)18-12-6-3-7-13-18/h2-16,26H,1H3. The summed E-state index contributed by atoms with van der Waals surface area (Å²) in [6, 6.07) is 27.3. The van der Waals surface area contributed by atoms with E-state index >= 15 is 0 Å². The van der Waals surface area contributed by atoms with Crippen LogP contribution in [-0.2, 0) is 7.05 Å². The second-order valence-electron chi connectivity index (χ2n) is 6.05. The van der Waals surface area contributed by atoms with Gasteiger partial charge < -0.3 is 4.57 Å². The van der Waals surface area contributed by atoms with Crippen molar-refractivity contribution in [3.05, 3.63) is 90.5 Å². The van der Waals surface area contributed by atoms with E-state index in [-0.39, 0.29) is 0 Å². The van der Waals surface area contributed by atoms with Gasteiger partial charge in [-0.1, -0.05) is 54.6 Å². The quantitative estimate of drug-likeness (QED) is 0.396. The van der Waals surface area contributed by atoms with E-state index in [9.17, 15) is 5.21 Å². The first-order valence-electron chi connectivity index (χ1n) is 8.46. The number of rotatable bonds is 4. The highest BCUT2D eigenvalue weighted by Gasteiger charge is 2.19. The fourth-order valence-corrected chi connectivity index (χ4v) is 3.14. The van der Waals surface area contributed by atoms with Gasteiger partial charge in [0.1, 0.15) is 5.82 Å². The van der Waals surface area contributed by atoms with Crippen molar-refractivity contribution in [2.45, 2.75) is 0 Å². The summed E-state index contributed by atoms with van der Waals surface area (Å²) in [4.78, 5) is 4.60.